The SMILES string of the molecule is O=C(Cc1cccc(Cl)c1)NCc1nc(-c2cccc(Br)c2)no1. The standard InChI is InChI=1S/C17H13BrClN3O2/c18-13-5-2-4-12(9-13)17-21-16(24-22-17)10-20-15(23)8-11-3-1-6-14(19)7-11/h1-7,9H,8,10H2,(H,20,23). The Balaban J connectivity index is 1.58. The van der Waals surface area contributed by atoms with Crippen LogP contribution in [0.3, 0.4) is 0 Å². The molecule has 1 aromatic heterocycles. The van der Waals surface area contributed by atoms with E-state index in [1.54, 1.807) is 12.1 Å². The number of hydrogen-bond acceptors (Lipinski definition) is 4. The van der Waals surface area contributed by atoms with Gasteiger partial charge in [-0.3, -0.25) is 4.79 Å². The monoisotopic (exact) mass is 405 g/mol. The first-order chi connectivity index (χ1) is 11.6. The highest BCUT2D eigenvalue weighted by atomic mass is 79.9. The maximum atomic E-state index is 12.0. The molecule has 122 valence electrons. The average Bonchev–Trinajstić information content (AvgIpc) is 3.02. The number of aromatic nitrogens is 2. The van der Waals surface area contributed by atoms with Crippen LogP contribution in [0.4, 0.5) is 0 Å². The quantitative estimate of drug-likeness (QED) is 0.695. The van der Waals surface area contributed by atoms with Crippen LogP contribution in [-0.4, -0.2) is 16.0 Å². The second-order valence-electron chi connectivity index (χ2n) is 5.11. The minimum Gasteiger partial charge on any atom is -0.347 e. The molecule has 1 amide bonds. The molecule has 2 aromatic carbocycles. The van der Waals surface area contributed by atoms with Crippen molar-refractivity contribution < 1.29 is 9.32 Å². The van der Waals surface area contributed by atoms with Crippen LogP contribution in [-0.2, 0) is 17.8 Å². The highest BCUT2D eigenvalue weighted by molar-refractivity contribution is 9.10. The number of carbonyl (C=O) groups excluding carboxylic acids is 1. The fourth-order valence-electron chi connectivity index (χ4n) is 2.14. The van der Waals surface area contributed by atoms with Crippen LogP contribution < -0.4 is 5.32 Å². The number of rotatable bonds is 5. The highest BCUT2D eigenvalue weighted by Crippen LogP contribution is 2.20. The van der Waals surface area contributed by atoms with Crippen molar-refractivity contribution in [3.8, 4) is 11.4 Å². The molecule has 0 atom stereocenters. The second kappa shape index (κ2) is 7.59. The molecule has 0 saturated heterocycles. The fraction of sp³-hybridized carbons (Fsp3) is 0.118. The second-order valence-corrected chi connectivity index (χ2v) is 6.46. The minimum atomic E-state index is -0.139. The Labute approximate surface area is 152 Å². The lowest BCUT2D eigenvalue weighted by atomic mass is 10.1. The fourth-order valence-corrected chi connectivity index (χ4v) is 2.75. The van der Waals surface area contributed by atoms with E-state index >= 15 is 0 Å². The molecular weight excluding hydrogens is 394 g/mol. The molecule has 5 nitrogen and oxygen atoms in total. The van der Waals surface area contributed by atoms with Crippen LogP contribution in [0.1, 0.15) is 11.5 Å². The van der Waals surface area contributed by atoms with E-state index in [0.29, 0.717) is 16.7 Å². The van der Waals surface area contributed by atoms with Gasteiger partial charge in [-0.25, -0.2) is 0 Å². The topological polar surface area (TPSA) is 68.0 Å². The Morgan fingerprint density at radius 3 is 2.83 bits per heavy atom. The van der Waals surface area contributed by atoms with Gasteiger partial charge in [0.25, 0.3) is 0 Å². The van der Waals surface area contributed by atoms with Crippen LogP contribution >= 0.6 is 27.5 Å². The third-order valence-corrected chi connectivity index (χ3v) is 3.97. The molecule has 7 heteroatoms. The summed E-state index contributed by atoms with van der Waals surface area (Å²) in [5.41, 5.74) is 1.69. The van der Waals surface area contributed by atoms with Gasteiger partial charge in [0.05, 0.1) is 13.0 Å². The summed E-state index contributed by atoms with van der Waals surface area (Å²) >= 11 is 9.31. The van der Waals surface area contributed by atoms with Gasteiger partial charge in [0.1, 0.15) is 0 Å². The van der Waals surface area contributed by atoms with Gasteiger partial charge in [0.15, 0.2) is 0 Å². The molecule has 0 unspecified atom stereocenters. The Morgan fingerprint density at radius 2 is 2.04 bits per heavy atom. The number of hydrogen-bond donors (Lipinski definition) is 1. The molecule has 1 N–H and O–H groups in total. The van der Waals surface area contributed by atoms with E-state index in [0.717, 1.165) is 15.6 Å². The third kappa shape index (κ3) is 4.43. The number of amides is 1. The highest BCUT2D eigenvalue weighted by Gasteiger charge is 2.10. The predicted molar refractivity (Wildman–Crippen MR) is 94.4 cm³/mol. The summed E-state index contributed by atoms with van der Waals surface area (Å²) in [4.78, 5) is 16.2. The Kier molecular flexibility index (Phi) is 5.27. The molecule has 3 aromatic rings. The lowest BCUT2D eigenvalue weighted by molar-refractivity contribution is -0.120. The molecule has 1 heterocycles. The molecule has 0 aliphatic carbocycles. The molecular formula is C17H13BrClN3O2. The van der Waals surface area contributed by atoms with Crippen molar-refractivity contribution in [3.63, 3.8) is 0 Å². The van der Waals surface area contributed by atoms with Crippen LogP contribution in [0.2, 0.25) is 5.02 Å². The van der Waals surface area contributed by atoms with E-state index in [9.17, 15) is 4.79 Å². The lowest BCUT2D eigenvalue weighted by Crippen LogP contribution is -2.24. The van der Waals surface area contributed by atoms with Gasteiger partial charge in [-0.05, 0) is 29.8 Å². The molecule has 0 aliphatic heterocycles. The zero-order chi connectivity index (χ0) is 16.9. The molecule has 0 radical (unpaired) electrons. The maximum absolute atomic E-state index is 12.0. The predicted octanol–water partition coefficient (Wildman–Crippen LogP) is 4.01. The molecule has 0 saturated carbocycles. The van der Waals surface area contributed by atoms with Gasteiger partial charge < -0.3 is 9.84 Å². The first-order valence-corrected chi connectivity index (χ1v) is 8.37. The van der Waals surface area contributed by atoms with Crippen molar-refractivity contribution in [2.45, 2.75) is 13.0 Å². The number of nitrogens with one attached hydrogen (secondary N) is 1. The molecule has 3 rings (SSSR count). The van der Waals surface area contributed by atoms with Crippen LogP contribution in [0.15, 0.2) is 57.5 Å². The molecule has 0 spiro atoms. The molecule has 0 bridgehead atoms. The van der Waals surface area contributed by atoms with E-state index in [4.69, 9.17) is 16.1 Å². The maximum Gasteiger partial charge on any atom is 0.246 e. The van der Waals surface area contributed by atoms with Crippen molar-refractivity contribution in [2.24, 2.45) is 0 Å². The molecule has 24 heavy (non-hydrogen) atoms. The summed E-state index contributed by atoms with van der Waals surface area (Å²) in [6, 6.07) is 14.8. The van der Waals surface area contributed by atoms with Crippen molar-refractivity contribution in [1.29, 1.82) is 0 Å². The zero-order valence-electron chi connectivity index (χ0n) is 12.5. The Hall–Kier alpha value is -2.18. The first-order valence-electron chi connectivity index (χ1n) is 7.20. The minimum absolute atomic E-state index is 0.139. The summed E-state index contributed by atoms with van der Waals surface area (Å²) in [6.07, 6.45) is 0.243. The van der Waals surface area contributed by atoms with Crippen molar-refractivity contribution >= 4 is 33.4 Å². The number of carbonyl (C=O) groups is 1. The molecule has 0 aliphatic rings. The Bertz CT molecular complexity index is 866. The summed E-state index contributed by atoms with van der Waals surface area (Å²) in [5.74, 6) is 0.694. The summed E-state index contributed by atoms with van der Waals surface area (Å²) in [7, 11) is 0. The number of benzene rings is 2. The third-order valence-electron chi connectivity index (χ3n) is 3.24. The van der Waals surface area contributed by atoms with Crippen molar-refractivity contribution in [2.75, 3.05) is 0 Å². The van der Waals surface area contributed by atoms with Crippen LogP contribution in [0.25, 0.3) is 11.4 Å². The van der Waals surface area contributed by atoms with Gasteiger partial charge in [-0.1, -0.05) is 57.0 Å². The van der Waals surface area contributed by atoms with E-state index in [-0.39, 0.29) is 18.9 Å². The Morgan fingerprint density at radius 1 is 1.21 bits per heavy atom. The van der Waals surface area contributed by atoms with Gasteiger partial charge in [0, 0.05) is 15.1 Å². The first kappa shape index (κ1) is 16.7. The number of halogens is 2. The van der Waals surface area contributed by atoms with Crippen molar-refractivity contribution in [3.05, 3.63) is 69.5 Å². The number of nitrogens with zero attached hydrogens (tertiary/aromatic N) is 2. The normalized spacial score (nSPS) is 10.6. The summed E-state index contributed by atoms with van der Waals surface area (Å²) in [5, 5.41) is 7.29. The lowest BCUT2D eigenvalue weighted by Gasteiger charge is -2.03. The van der Waals surface area contributed by atoms with E-state index in [1.807, 2.05) is 36.4 Å². The van der Waals surface area contributed by atoms with Crippen molar-refractivity contribution in [1.82, 2.24) is 15.5 Å². The van der Waals surface area contributed by atoms with E-state index in [2.05, 4.69) is 31.4 Å². The summed E-state index contributed by atoms with van der Waals surface area (Å²) in [6.45, 7) is 0.181. The van der Waals surface area contributed by atoms with E-state index in [1.165, 1.54) is 0 Å². The van der Waals surface area contributed by atoms with Crippen LogP contribution in [0, 0.1) is 0 Å². The average molecular weight is 407 g/mol. The largest absolute Gasteiger partial charge is 0.347 e. The van der Waals surface area contributed by atoms with Crippen LogP contribution in [0.5, 0.6) is 0 Å². The zero-order valence-corrected chi connectivity index (χ0v) is 14.8. The van der Waals surface area contributed by atoms with Gasteiger partial charge >= 0.3 is 0 Å². The van der Waals surface area contributed by atoms with Gasteiger partial charge in [-0.2, -0.15) is 4.98 Å². The van der Waals surface area contributed by atoms with E-state index < -0.39 is 0 Å². The smallest absolute Gasteiger partial charge is 0.246 e. The van der Waals surface area contributed by atoms with Gasteiger partial charge in [-0.15, -0.1) is 0 Å². The molecule has 0 fully saturated rings. The van der Waals surface area contributed by atoms with Gasteiger partial charge in [0.2, 0.25) is 17.6 Å². The summed E-state index contributed by atoms with van der Waals surface area (Å²) < 4.78 is 6.10.